The Hall–Kier alpha value is -1.73. The van der Waals surface area contributed by atoms with Gasteiger partial charge in [-0.25, -0.2) is 0 Å². The summed E-state index contributed by atoms with van der Waals surface area (Å²) in [4.78, 5) is 6.77. The monoisotopic (exact) mass is 306 g/mol. The maximum Gasteiger partial charge on any atom is 0.260 e. The molecule has 0 radical (unpaired) electrons. The number of nitrogen functional groups attached to an aromatic ring is 1. The highest BCUT2D eigenvalue weighted by molar-refractivity contribution is 7.99. The van der Waals surface area contributed by atoms with Gasteiger partial charge in [0, 0.05) is 23.7 Å². The Kier molecular flexibility index (Phi) is 4.03. The summed E-state index contributed by atoms with van der Waals surface area (Å²) in [6, 6.07) is 5.59. The van der Waals surface area contributed by atoms with E-state index in [-0.39, 0.29) is 6.04 Å². The number of nitrogens with zero attached hydrogens (tertiary/aromatic N) is 3. The van der Waals surface area contributed by atoms with Crippen LogP contribution in [0.25, 0.3) is 11.5 Å². The summed E-state index contributed by atoms with van der Waals surface area (Å²) in [5.41, 5.74) is 7.30. The lowest BCUT2D eigenvalue weighted by Crippen LogP contribution is -2.33. The van der Waals surface area contributed by atoms with Crippen LogP contribution in [0.5, 0.6) is 5.75 Å². The maximum atomic E-state index is 5.99. The van der Waals surface area contributed by atoms with Crippen molar-refractivity contribution in [1.29, 1.82) is 0 Å². The molecule has 2 aromatic rings. The van der Waals surface area contributed by atoms with Gasteiger partial charge in [0.25, 0.3) is 5.89 Å². The highest BCUT2D eigenvalue weighted by atomic mass is 32.2. The molecule has 1 unspecified atom stereocenters. The van der Waals surface area contributed by atoms with E-state index in [4.69, 9.17) is 15.0 Å². The van der Waals surface area contributed by atoms with Crippen molar-refractivity contribution in [3.05, 3.63) is 24.0 Å². The van der Waals surface area contributed by atoms with Crippen molar-refractivity contribution in [2.24, 2.45) is 0 Å². The Labute approximate surface area is 127 Å². The van der Waals surface area contributed by atoms with Gasteiger partial charge in [-0.1, -0.05) is 5.16 Å². The van der Waals surface area contributed by atoms with Gasteiger partial charge in [0.2, 0.25) is 0 Å². The van der Waals surface area contributed by atoms with E-state index in [1.54, 1.807) is 13.2 Å². The molecule has 112 valence electrons. The molecule has 2 heterocycles. The standard InChI is InChI=1S/C14H18N4O2S/c1-18-5-6-21-8-12(18)13-16-14(20-17-13)10-7-9(19-2)3-4-11(10)15/h3-4,7,12H,5-6,8,15H2,1-2H3. The molecule has 0 spiro atoms. The lowest BCUT2D eigenvalue weighted by Gasteiger charge is -2.29. The molecule has 1 atom stereocenters. The molecule has 3 rings (SSSR count). The van der Waals surface area contributed by atoms with Crippen LogP contribution in [0.3, 0.4) is 0 Å². The number of rotatable bonds is 3. The zero-order valence-corrected chi connectivity index (χ0v) is 12.9. The first kappa shape index (κ1) is 14.2. The second-order valence-electron chi connectivity index (χ2n) is 4.98. The minimum absolute atomic E-state index is 0.188. The van der Waals surface area contributed by atoms with Crippen LogP contribution in [0.2, 0.25) is 0 Å². The van der Waals surface area contributed by atoms with Gasteiger partial charge in [0.1, 0.15) is 5.75 Å². The van der Waals surface area contributed by atoms with Gasteiger partial charge >= 0.3 is 0 Å². The number of nitrogens with two attached hydrogens (primary N) is 1. The average Bonchev–Trinajstić information content (AvgIpc) is 2.97. The molecule has 6 nitrogen and oxygen atoms in total. The molecule has 0 bridgehead atoms. The van der Waals surface area contributed by atoms with E-state index in [9.17, 15) is 0 Å². The number of hydrogen-bond acceptors (Lipinski definition) is 7. The van der Waals surface area contributed by atoms with E-state index in [1.807, 2.05) is 23.9 Å². The van der Waals surface area contributed by atoms with Gasteiger partial charge < -0.3 is 15.0 Å². The fourth-order valence-corrected chi connectivity index (χ4v) is 3.50. The van der Waals surface area contributed by atoms with Crippen LogP contribution in [0.1, 0.15) is 11.9 Å². The molecule has 1 aromatic carbocycles. The molecule has 0 saturated carbocycles. The molecule has 0 amide bonds. The molecule has 1 aliphatic rings. The lowest BCUT2D eigenvalue weighted by atomic mass is 10.1. The molecule has 1 aromatic heterocycles. The fraction of sp³-hybridized carbons (Fsp3) is 0.429. The second kappa shape index (κ2) is 5.95. The van der Waals surface area contributed by atoms with Crippen molar-refractivity contribution in [3.8, 4) is 17.2 Å². The Morgan fingerprint density at radius 3 is 3.10 bits per heavy atom. The van der Waals surface area contributed by atoms with E-state index in [2.05, 4.69) is 22.1 Å². The third kappa shape index (κ3) is 2.84. The van der Waals surface area contributed by atoms with Crippen LogP contribution in [-0.2, 0) is 0 Å². The third-order valence-electron chi connectivity index (χ3n) is 3.63. The summed E-state index contributed by atoms with van der Waals surface area (Å²) in [7, 11) is 3.70. The molecule has 1 aliphatic heterocycles. The van der Waals surface area contributed by atoms with E-state index in [1.165, 1.54) is 0 Å². The highest BCUT2D eigenvalue weighted by Crippen LogP contribution is 2.31. The summed E-state index contributed by atoms with van der Waals surface area (Å²) in [6.45, 7) is 1.03. The predicted octanol–water partition coefficient (Wildman–Crippen LogP) is 2.05. The van der Waals surface area contributed by atoms with E-state index < -0.39 is 0 Å². The van der Waals surface area contributed by atoms with E-state index in [0.717, 1.165) is 18.1 Å². The van der Waals surface area contributed by atoms with Crippen molar-refractivity contribution < 1.29 is 9.26 Å². The first-order valence-corrected chi connectivity index (χ1v) is 7.90. The number of hydrogen-bond donors (Lipinski definition) is 1. The second-order valence-corrected chi connectivity index (χ2v) is 6.13. The van der Waals surface area contributed by atoms with Crippen molar-refractivity contribution in [2.45, 2.75) is 6.04 Å². The normalized spacial score (nSPS) is 19.6. The molecule has 0 aliphatic carbocycles. The largest absolute Gasteiger partial charge is 0.497 e. The van der Waals surface area contributed by atoms with Crippen molar-refractivity contribution in [3.63, 3.8) is 0 Å². The van der Waals surface area contributed by atoms with Gasteiger partial charge in [-0.05, 0) is 25.2 Å². The first-order chi connectivity index (χ1) is 10.2. The Bertz CT molecular complexity index is 631. The summed E-state index contributed by atoms with van der Waals surface area (Å²) < 4.78 is 10.6. The van der Waals surface area contributed by atoms with Gasteiger partial charge in [0.15, 0.2) is 5.82 Å². The lowest BCUT2D eigenvalue weighted by molar-refractivity contribution is 0.257. The molecule has 1 fully saturated rings. The fourth-order valence-electron chi connectivity index (χ4n) is 2.29. The third-order valence-corrected chi connectivity index (χ3v) is 4.65. The Balaban J connectivity index is 1.91. The molecule has 2 N–H and O–H groups in total. The summed E-state index contributed by atoms with van der Waals surface area (Å²) in [5, 5.41) is 4.13. The number of aromatic nitrogens is 2. The van der Waals surface area contributed by atoms with Crippen LogP contribution < -0.4 is 10.5 Å². The van der Waals surface area contributed by atoms with E-state index >= 15 is 0 Å². The van der Waals surface area contributed by atoms with Crippen LogP contribution in [0.15, 0.2) is 22.7 Å². The van der Waals surface area contributed by atoms with Crippen LogP contribution in [0.4, 0.5) is 5.69 Å². The van der Waals surface area contributed by atoms with E-state index in [0.29, 0.717) is 28.7 Å². The maximum absolute atomic E-state index is 5.99. The molecular weight excluding hydrogens is 288 g/mol. The predicted molar refractivity (Wildman–Crippen MR) is 83.4 cm³/mol. The molecule has 7 heteroatoms. The zero-order valence-electron chi connectivity index (χ0n) is 12.1. The Morgan fingerprint density at radius 1 is 1.48 bits per heavy atom. The molecule has 21 heavy (non-hydrogen) atoms. The van der Waals surface area contributed by atoms with Crippen LogP contribution in [-0.4, -0.2) is 47.2 Å². The summed E-state index contributed by atoms with van der Waals surface area (Å²) >= 11 is 1.91. The number of benzene rings is 1. The van der Waals surface area contributed by atoms with Gasteiger partial charge in [0.05, 0.1) is 18.7 Å². The highest BCUT2D eigenvalue weighted by Gasteiger charge is 2.26. The number of ether oxygens (including phenoxy) is 1. The topological polar surface area (TPSA) is 77.4 Å². The number of methoxy groups -OCH3 is 1. The SMILES string of the molecule is COc1ccc(N)c(-c2nc(C3CSCCN3C)no2)c1. The van der Waals surface area contributed by atoms with Crippen LogP contribution in [0, 0.1) is 0 Å². The quantitative estimate of drug-likeness (QED) is 0.869. The zero-order chi connectivity index (χ0) is 14.8. The smallest absolute Gasteiger partial charge is 0.260 e. The summed E-state index contributed by atoms with van der Waals surface area (Å²) in [6.07, 6.45) is 0. The van der Waals surface area contributed by atoms with Gasteiger partial charge in [-0.15, -0.1) is 0 Å². The Morgan fingerprint density at radius 2 is 2.33 bits per heavy atom. The first-order valence-electron chi connectivity index (χ1n) is 6.74. The molecular formula is C14H18N4O2S. The van der Waals surface area contributed by atoms with Crippen molar-refractivity contribution in [2.75, 3.05) is 37.9 Å². The van der Waals surface area contributed by atoms with Crippen LogP contribution >= 0.6 is 11.8 Å². The van der Waals surface area contributed by atoms with Gasteiger partial charge in [-0.2, -0.15) is 16.7 Å². The number of thioether (sulfide) groups is 1. The summed E-state index contributed by atoms with van der Waals surface area (Å²) in [5.74, 6) is 3.97. The van der Waals surface area contributed by atoms with Crippen molar-refractivity contribution >= 4 is 17.4 Å². The minimum Gasteiger partial charge on any atom is -0.497 e. The average molecular weight is 306 g/mol. The number of anilines is 1. The molecule has 1 saturated heterocycles. The van der Waals surface area contributed by atoms with Gasteiger partial charge in [-0.3, -0.25) is 4.90 Å². The van der Waals surface area contributed by atoms with Crippen molar-refractivity contribution in [1.82, 2.24) is 15.0 Å². The minimum atomic E-state index is 0.188.